The number of rotatable bonds is 9. The molecule has 2 N–H and O–H groups in total. The fraction of sp³-hybridized carbons (Fsp3) is 0.500. The molecule has 1 atom stereocenters. The Morgan fingerprint density at radius 1 is 1.20 bits per heavy atom. The molecule has 1 aliphatic rings. The molecule has 1 aromatic heterocycles. The minimum atomic E-state index is 0.468. The highest BCUT2D eigenvalue weighted by atomic mass is 16.5. The Morgan fingerprint density at radius 2 is 2.13 bits per heavy atom. The van der Waals surface area contributed by atoms with Crippen LogP contribution in [0.5, 0.6) is 5.75 Å². The van der Waals surface area contributed by atoms with Crippen LogP contribution >= 0.6 is 0 Å². The summed E-state index contributed by atoms with van der Waals surface area (Å²) >= 11 is 0. The van der Waals surface area contributed by atoms with Crippen LogP contribution in [0.15, 0.2) is 53.7 Å². The van der Waals surface area contributed by atoms with Crippen molar-refractivity contribution >= 4 is 5.96 Å². The lowest BCUT2D eigenvalue weighted by Gasteiger charge is -2.35. The van der Waals surface area contributed by atoms with Crippen LogP contribution in [0.1, 0.15) is 43.9 Å². The van der Waals surface area contributed by atoms with Gasteiger partial charge in [-0.1, -0.05) is 31.5 Å². The first kappa shape index (κ1) is 22.1. The molecule has 6 heteroatoms. The zero-order chi connectivity index (χ0) is 21.0. The molecule has 1 saturated heterocycles. The number of hydrogen-bond acceptors (Lipinski definition) is 4. The number of aromatic nitrogens is 1. The van der Waals surface area contributed by atoms with Gasteiger partial charge in [0.2, 0.25) is 0 Å². The minimum absolute atomic E-state index is 0.468. The van der Waals surface area contributed by atoms with Crippen molar-refractivity contribution in [3.8, 4) is 5.75 Å². The van der Waals surface area contributed by atoms with Gasteiger partial charge in [-0.25, -0.2) is 0 Å². The summed E-state index contributed by atoms with van der Waals surface area (Å²) in [5.41, 5.74) is 2.07. The summed E-state index contributed by atoms with van der Waals surface area (Å²) in [6.45, 7) is 6.65. The van der Waals surface area contributed by atoms with E-state index in [2.05, 4.69) is 44.6 Å². The van der Waals surface area contributed by atoms with Crippen molar-refractivity contribution in [3.63, 3.8) is 0 Å². The molecular weight excluding hydrogens is 374 g/mol. The van der Waals surface area contributed by atoms with Crippen molar-refractivity contribution in [2.75, 3.05) is 26.7 Å². The lowest BCUT2D eigenvalue weighted by atomic mass is 10.0. The summed E-state index contributed by atoms with van der Waals surface area (Å²) in [6, 6.07) is 14.7. The number of pyridine rings is 1. The van der Waals surface area contributed by atoms with E-state index in [9.17, 15) is 0 Å². The smallest absolute Gasteiger partial charge is 0.191 e. The molecule has 1 aromatic carbocycles. The van der Waals surface area contributed by atoms with Crippen LogP contribution in [-0.2, 0) is 13.2 Å². The molecule has 2 heterocycles. The number of likely N-dealkylation sites (tertiary alicyclic amines) is 1. The van der Waals surface area contributed by atoms with E-state index in [1.54, 1.807) is 6.20 Å². The highest BCUT2D eigenvalue weighted by Crippen LogP contribution is 2.18. The number of guanidine groups is 1. The molecule has 0 saturated carbocycles. The SMILES string of the molecule is CCC1CCCCN1CCNC(=NC)NCc1cccc(OCc2ccccn2)c1. The van der Waals surface area contributed by atoms with Gasteiger partial charge in [-0.15, -0.1) is 0 Å². The van der Waals surface area contributed by atoms with Gasteiger partial charge in [-0.2, -0.15) is 0 Å². The van der Waals surface area contributed by atoms with E-state index in [0.29, 0.717) is 13.2 Å². The zero-order valence-electron chi connectivity index (χ0n) is 18.3. The van der Waals surface area contributed by atoms with E-state index >= 15 is 0 Å². The first-order valence-electron chi connectivity index (χ1n) is 11.1. The second-order valence-electron chi connectivity index (χ2n) is 7.70. The topological polar surface area (TPSA) is 61.8 Å². The Morgan fingerprint density at radius 3 is 2.93 bits per heavy atom. The molecule has 2 aromatic rings. The average molecular weight is 410 g/mol. The molecule has 1 unspecified atom stereocenters. The first-order valence-corrected chi connectivity index (χ1v) is 11.1. The second kappa shape index (κ2) is 12.2. The number of hydrogen-bond donors (Lipinski definition) is 2. The molecule has 0 amide bonds. The second-order valence-corrected chi connectivity index (χ2v) is 7.70. The van der Waals surface area contributed by atoms with Gasteiger partial charge in [0, 0.05) is 38.9 Å². The van der Waals surface area contributed by atoms with Crippen LogP contribution in [0, 0.1) is 0 Å². The standard InChI is InChI=1S/C24H35N5O/c1-3-22-11-5-7-15-29(22)16-14-27-24(25-2)28-18-20-9-8-12-23(17-20)30-19-21-10-4-6-13-26-21/h4,6,8-10,12-13,17,22H,3,5,7,11,14-16,18-19H2,1-2H3,(H2,25,27,28). The Hall–Kier alpha value is -2.60. The Labute approximate surface area is 180 Å². The van der Waals surface area contributed by atoms with Crippen molar-refractivity contribution in [2.24, 2.45) is 4.99 Å². The van der Waals surface area contributed by atoms with Crippen LogP contribution in [0.2, 0.25) is 0 Å². The highest BCUT2D eigenvalue weighted by molar-refractivity contribution is 5.79. The highest BCUT2D eigenvalue weighted by Gasteiger charge is 2.19. The molecular formula is C24H35N5O. The maximum atomic E-state index is 5.88. The van der Waals surface area contributed by atoms with Gasteiger partial charge in [0.15, 0.2) is 5.96 Å². The van der Waals surface area contributed by atoms with E-state index in [1.807, 2.05) is 37.4 Å². The Balaban J connectivity index is 1.42. The third-order valence-corrected chi connectivity index (χ3v) is 5.61. The molecule has 162 valence electrons. The van der Waals surface area contributed by atoms with Gasteiger partial charge < -0.3 is 15.4 Å². The molecule has 1 aliphatic heterocycles. The monoisotopic (exact) mass is 409 g/mol. The Bertz CT molecular complexity index is 780. The van der Waals surface area contributed by atoms with E-state index in [1.165, 1.54) is 32.2 Å². The maximum absolute atomic E-state index is 5.88. The quantitative estimate of drug-likeness (QED) is 0.490. The number of nitrogens with one attached hydrogen (secondary N) is 2. The number of piperidine rings is 1. The van der Waals surface area contributed by atoms with E-state index in [0.717, 1.165) is 42.1 Å². The van der Waals surface area contributed by atoms with Crippen molar-refractivity contribution in [2.45, 2.75) is 51.8 Å². The van der Waals surface area contributed by atoms with Crippen LogP contribution in [0.25, 0.3) is 0 Å². The van der Waals surface area contributed by atoms with E-state index in [4.69, 9.17) is 4.74 Å². The van der Waals surface area contributed by atoms with Crippen molar-refractivity contribution in [3.05, 3.63) is 59.9 Å². The van der Waals surface area contributed by atoms with Crippen molar-refractivity contribution in [1.82, 2.24) is 20.5 Å². The zero-order valence-corrected chi connectivity index (χ0v) is 18.3. The third-order valence-electron chi connectivity index (χ3n) is 5.61. The van der Waals surface area contributed by atoms with Crippen molar-refractivity contribution < 1.29 is 4.74 Å². The Kier molecular flexibility index (Phi) is 8.97. The number of benzene rings is 1. The predicted octanol–water partition coefficient (Wildman–Crippen LogP) is 3.59. The maximum Gasteiger partial charge on any atom is 0.191 e. The lowest BCUT2D eigenvalue weighted by molar-refractivity contribution is 0.147. The molecule has 0 radical (unpaired) electrons. The van der Waals surface area contributed by atoms with Crippen LogP contribution in [0.4, 0.5) is 0 Å². The fourth-order valence-electron chi connectivity index (χ4n) is 3.93. The summed E-state index contributed by atoms with van der Waals surface area (Å²) in [7, 11) is 1.82. The largest absolute Gasteiger partial charge is 0.487 e. The molecule has 6 nitrogen and oxygen atoms in total. The number of aliphatic imine (C=N–C) groups is 1. The van der Waals surface area contributed by atoms with Gasteiger partial charge in [0.25, 0.3) is 0 Å². The molecule has 1 fully saturated rings. The summed E-state index contributed by atoms with van der Waals surface area (Å²) in [5.74, 6) is 1.68. The number of nitrogens with zero attached hydrogens (tertiary/aromatic N) is 3. The molecule has 0 bridgehead atoms. The van der Waals surface area contributed by atoms with Gasteiger partial charge in [-0.05, 0) is 55.6 Å². The van der Waals surface area contributed by atoms with Crippen molar-refractivity contribution in [1.29, 1.82) is 0 Å². The first-order chi connectivity index (χ1) is 14.8. The summed E-state index contributed by atoms with van der Waals surface area (Å²) in [6.07, 6.45) is 7.05. The summed E-state index contributed by atoms with van der Waals surface area (Å²) in [5, 5.41) is 6.85. The average Bonchev–Trinajstić information content (AvgIpc) is 2.81. The normalized spacial score (nSPS) is 17.5. The van der Waals surface area contributed by atoms with E-state index < -0.39 is 0 Å². The van der Waals surface area contributed by atoms with Gasteiger partial charge >= 0.3 is 0 Å². The minimum Gasteiger partial charge on any atom is -0.487 e. The third kappa shape index (κ3) is 7.02. The summed E-state index contributed by atoms with van der Waals surface area (Å²) in [4.78, 5) is 11.3. The molecule has 3 rings (SSSR count). The number of ether oxygens (including phenoxy) is 1. The van der Waals surface area contributed by atoms with Gasteiger partial charge in [-0.3, -0.25) is 14.9 Å². The predicted molar refractivity (Wildman–Crippen MR) is 123 cm³/mol. The van der Waals surface area contributed by atoms with Gasteiger partial charge in [0.05, 0.1) is 5.69 Å². The van der Waals surface area contributed by atoms with Crippen LogP contribution < -0.4 is 15.4 Å². The van der Waals surface area contributed by atoms with E-state index in [-0.39, 0.29) is 0 Å². The lowest BCUT2D eigenvalue weighted by Crippen LogP contribution is -2.45. The molecule has 30 heavy (non-hydrogen) atoms. The van der Waals surface area contributed by atoms with Gasteiger partial charge in [0.1, 0.15) is 12.4 Å². The fourth-order valence-corrected chi connectivity index (χ4v) is 3.93. The van der Waals surface area contributed by atoms with Crippen LogP contribution in [0.3, 0.4) is 0 Å². The molecule has 0 aliphatic carbocycles. The molecule has 0 spiro atoms. The van der Waals surface area contributed by atoms with Crippen LogP contribution in [-0.4, -0.2) is 48.6 Å². The summed E-state index contributed by atoms with van der Waals surface area (Å²) < 4.78 is 5.88.